The van der Waals surface area contributed by atoms with Crippen molar-refractivity contribution in [1.29, 1.82) is 0 Å². The lowest BCUT2D eigenvalue weighted by Crippen LogP contribution is -2.06. The third kappa shape index (κ3) is 2.62. The van der Waals surface area contributed by atoms with E-state index < -0.39 is 5.97 Å². The number of aryl methyl sites for hydroxylation is 2. The molecule has 2 aromatic rings. The maximum absolute atomic E-state index is 11.0. The molecule has 6 nitrogen and oxygen atoms in total. The zero-order valence-corrected chi connectivity index (χ0v) is 11.4. The van der Waals surface area contributed by atoms with Crippen molar-refractivity contribution in [3.05, 3.63) is 35.0 Å². The maximum atomic E-state index is 11.0. The molecule has 0 aliphatic rings. The molecule has 2 aromatic heterocycles. The minimum atomic E-state index is -0.987. The molecule has 0 aliphatic heterocycles. The van der Waals surface area contributed by atoms with Crippen molar-refractivity contribution in [3.63, 3.8) is 0 Å². The predicted octanol–water partition coefficient (Wildman–Crippen LogP) is 2.10. The third-order valence-electron chi connectivity index (χ3n) is 2.74. The Bertz CT molecular complexity index is 632. The molecule has 0 saturated carbocycles. The van der Waals surface area contributed by atoms with Crippen molar-refractivity contribution in [2.75, 3.05) is 0 Å². The molecule has 0 atom stereocenters. The number of rotatable bonds is 3. The Kier molecular flexibility index (Phi) is 3.33. The van der Waals surface area contributed by atoms with Gasteiger partial charge in [-0.25, -0.2) is 19.4 Å². The van der Waals surface area contributed by atoms with Crippen molar-refractivity contribution < 1.29 is 9.90 Å². The molecule has 0 aliphatic carbocycles. The van der Waals surface area contributed by atoms with Crippen molar-refractivity contribution in [2.24, 2.45) is 0 Å². The highest BCUT2D eigenvalue weighted by molar-refractivity contribution is 5.88. The van der Waals surface area contributed by atoms with Crippen LogP contribution in [-0.4, -0.2) is 30.8 Å². The van der Waals surface area contributed by atoms with Crippen LogP contribution in [-0.2, 0) is 0 Å². The van der Waals surface area contributed by atoms with Gasteiger partial charge in [0.25, 0.3) is 0 Å². The molecule has 0 aromatic carbocycles. The molecule has 1 N–H and O–H groups in total. The van der Waals surface area contributed by atoms with E-state index in [0.717, 1.165) is 11.5 Å². The van der Waals surface area contributed by atoms with Crippen LogP contribution in [0.5, 0.6) is 0 Å². The van der Waals surface area contributed by atoms with E-state index in [1.165, 1.54) is 10.9 Å². The van der Waals surface area contributed by atoms with E-state index in [1.54, 1.807) is 13.0 Å². The number of aromatic carboxylic acids is 1. The fourth-order valence-electron chi connectivity index (χ4n) is 1.74. The van der Waals surface area contributed by atoms with Crippen molar-refractivity contribution in [3.8, 4) is 5.82 Å². The predicted molar refractivity (Wildman–Crippen MR) is 69.7 cm³/mol. The van der Waals surface area contributed by atoms with Gasteiger partial charge in [-0.15, -0.1) is 0 Å². The molecule has 2 rings (SSSR count). The molecule has 6 heteroatoms. The van der Waals surface area contributed by atoms with E-state index >= 15 is 0 Å². The lowest BCUT2D eigenvalue weighted by molar-refractivity contribution is 0.0696. The third-order valence-corrected chi connectivity index (χ3v) is 2.74. The largest absolute Gasteiger partial charge is 0.478 e. The Labute approximate surface area is 111 Å². The molecule has 0 amide bonds. The van der Waals surface area contributed by atoms with Crippen LogP contribution in [0.4, 0.5) is 0 Å². The summed E-state index contributed by atoms with van der Waals surface area (Å²) >= 11 is 0. The van der Waals surface area contributed by atoms with Gasteiger partial charge in [0.1, 0.15) is 11.4 Å². The normalized spacial score (nSPS) is 11.0. The lowest BCUT2D eigenvalue weighted by atomic mass is 10.2. The molecule has 0 bridgehead atoms. The summed E-state index contributed by atoms with van der Waals surface area (Å²) in [7, 11) is 0. The molecular weight excluding hydrogens is 244 g/mol. The highest BCUT2D eigenvalue weighted by Gasteiger charge is 2.14. The van der Waals surface area contributed by atoms with Crippen LogP contribution in [0.15, 0.2) is 12.3 Å². The Balaban J connectivity index is 2.52. The summed E-state index contributed by atoms with van der Waals surface area (Å²) in [5.41, 5.74) is 1.48. The van der Waals surface area contributed by atoms with Gasteiger partial charge in [-0.05, 0) is 13.8 Å². The zero-order valence-electron chi connectivity index (χ0n) is 11.4. The minimum absolute atomic E-state index is 0.183. The highest BCUT2D eigenvalue weighted by Crippen LogP contribution is 2.15. The van der Waals surface area contributed by atoms with Crippen LogP contribution in [0.3, 0.4) is 0 Å². The second-order valence-corrected chi connectivity index (χ2v) is 4.76. The van der Waals surface area contributed by atoms with E-state index in [0.29, 0.717) is 11.5 Å². The van der Waals surface area contributed by atoms with Crippen LogP contribution in [0.2, 0.25) is 0 Å². The molecular formula is C13H16N4O2. The van der Waals surface area contributed by atoms with Crippen LogP contribution < -0.4 is 0 Å². The Morgan fingerprint density at radius 2 is 2.00 bits per heavy atom. The minimum Gasteiger partial charge on any atom is -0.478 e. The van der Waals surface area contributed by atoms with Gasteiger partial charge in [-0.1, -0.05) is 13.8 Å². The number of hydrogen-bond donors (Lipinski definition) is 1. The highest BCUT2D eigenvalue weighted by atomic mass is 16.4. The summed E-state index contributed by atoms with van der Waals surface area (Å²) < 4.78 is 1.49. The number of carboxylic acids is 1. The fourth-order valence-corrected chi connectivity index (χ4v) is 1.74. The topological polar surface area (TPSA) is 80.9 Å². The first-order valence-corrected chi connectivity index (χ1v) is 6.04. The Morgan fingerprint density at radius 1 is 1.32 bits per heavy atom. The van der Waals surface area contributed by atoms with Crippen molar-refractivity contribution in [2.45, 2.75) is 33.6 Å². The summed E-state index contributed by atoms with van der Waals surface area (Å²) in [5.74, 6) is 0.527. The van der Waals surface area contributed by atoms with Crippen LogP contribution in [0.1, 0.15) is 47.3 Å². The van der Waals surface area contributed by atoms with Gasteiger partial charge >= 0.3 is 5.97 Å². The summed E-state index contributed by atoms with van der Waals surface area (Å²) in [6, 6.07) is 1.78. The molecule has 100 valence electrons. The van der Waals surface area contributed by atoms with Crippen molar-refractivity contribution in [1.82, 2.24) is 19.7 Å². The van der Waals surface area contributed by atoms with Gasteiger partial charge < -0.3 is 5.11 Å². The monoisotopic (exact) mass is 260 g/mol. The first-order chi connectivity index (χ1) is 8.88. The quantitative estimate of drug-likeness (QED) is 0.914. The smallest absolute Gasteiger partial charge is 0.339 e. The summed E-state index contributed by atoms with van der Waals surface area (Å²) in [5, 5.41) is 13.2. The van der Waals surface area contributed by atoms with Crippen LogP contribution in [0.25, 0.3) is 5.82 Å². The van der Waals surface area contributed by atoms with Crippen LogP contribution >= 0.6 is 0 Å². The Morgan fingerprint density at radius 3 is 2.53 bits per heavy atom. The van der Waals surface area contributed by atoms with Gasteiger partial charge in [0, 0.05) is 23.9 Å². The van der Waals surface area contributed by atoms with E-state index in [9.17, 15) is 4.79 Å². The number of aromatic nitrogens is 4. The van der Waals surface area contributed by atoms with E-state index in [2.05, 4.69) is 15.1 Å². The second-order valence-electron chi connectivity index (χ2n) is 4.76. The van der Waals surface area contributed by atoms with E-state index in [4.69, 9.17) is 5.11 Å². The molecule has 0 fully saturated rings. The zero-order chi connectivity index (χ0) is 14.2. The van der Waals surface area contributed by atoms with E-state index in [1.807, 2.05) is 20.8 Å². The average Bonchev–Trinajstić information content (AvgIpc) is 2.70. The van der Waals surface area contributed by atoms with Gasteiger partial charge in [0.05, 0.1) is 5.69 Å². The molecule has 0 spiro atoms. The lowest BCUT2D eigenvalue weighted by Gasteiger charge is -2.07. The summed E-state index contributed by atoms with van der Waals surface area (Å²) in [4.78, 5) is 19.8. The number of nitrogens with zero attached hydrogens (tertiary/aromatic N) is 4. The second kappa shape index (κ2) is 4.79. The first-order valence-electron chi connectivity index (χ1n) is 6.04. The summed E-state index contributed by atoms with van der Waals surface area (Å²) in [6.45, 7) is 7.56. The number of hydrogen-bond acceptors (Lipinski definition) is 4. The first kappa shape index (κ1) is 13.2. The van der Waals surface area contributed by atoms with E-state index in [-0.39, 0.29) is 11.5 Å². The molecule has 0 saturated heterocycles. The van der Waals surface area contributed by atoms with Crippen molar-refractivity contribution >= 4 is 5.97 Å². The van der Waals surface area contributed by atoms with Gasteiger partial charge in [0.15, 0.2) is 5.82 Å². The summed E-state index contributed by atoms with van der Waals surface area (Å²) in [6.07, 6.45) is 1.48. The average molecular weight is 260 g/mol. The van der Waals surface area contributed by atoms with Gasteiger partial charge in [0.2, 0.25) is 0 Å². The maximum Gasteiger partial charge on any atom is 0.339 e. The molecule has 19 heavy (non-hydrogen) atoms. The number of carboxylic acid groups (broad SMARTS) is 1. The van der Waals surface area contributed by atoms with Gasteiger partial charge in [-0.3, -0.25) is 0 Å². The molecule has 2 heterocycles. The number of carbonyl (C=O) groups is 1. The Hall–Kier alpha value is -2.24. The molecule has 0 unspecified atom stereocenters. The fraction of sp³-hybridized carbons (Fsp3) is 0.385. The standard InChI is InChI=1S/C13H16N4O2/c1-7(2)12-14-8(3)5-11(15-12)17-6-10(13(18)19)9(4)16-17/h5-7H,1-4H3,(H,18,19). The van der Waals surface area contributed by atoms with Gasteiger partial charge in [-0.2, -0.15) is 5.10 Å². The van der Waals surface area contributed by atoms with Crippen LogP contribution in [0, 0.1) is 13.8 Å². The SMILES string of the molecule is Cc1cc(-n2cc(C(=O)O)c(C)n2)nc(C(C)C)n1. The molecule has 0 radical (unpaired) electrons.